The van der Waals surface area contributed by atoms with Crippen molar-refractivity contribution in [3.05, 3.63) is 59.9 Å². The minimum absolute atomic E-state index is 0.623. The van der Waals surface area contributed by atoms with Crippen molar-refractivity contribution in [2.45, 2.75) is 6.54 Å². The molecule has 1 N–H and O–H groups in total. The van der Waals surface area contributed by atoms with Gasteiger partial charge in [0.2, 0.25) is 0 Å². The Morgan fingerprint density at radius 1 is 1.20 bits per heavy atom. The van der Waals surface area contributed by atoms with Gasteiger partial charge >= 0.3 is 0 Å². The van der Waals surface area contributed by atoms with Gasteiger partial charge in [0.05, 0.1) is 17.3 Å². The second kappa shape index (κ2) is 5.38. The van der Waals surface area contributed by atoms with E-state index in [0.717, 1.165) is 17.2 Å². The van der Waals surface area contributed by atoms with E-state index >= 15 is 0 Å². The zero-order valence-electron chi connectivity index (χ0n) is 11.0. The first kappa shape index (κ1) is 12.7. The fraction of sp³-hybridized carbons (Fsp3) is 0.143. The van der Waals surface area contributed by atoms with Gasteiger partial charge in [-0.25, -0.2) is 9.67 Å². The predicted octanol–water partition coefficient (Wildman–Crippen LogP) is 2.87. The number of aromatic nitrogens is 4. The van der Waals surface area contributed by atoms with Crippen molar-refractivity contribution >= 4 is 17.3 Å². The second-order valence-electron chi connectivity index (χ2n) is 4.39. The van der Waals surface area contributed by atoms with Gasteiger partial charge < -0.3 is 9.88 Å². The number of rotatable bonds is 4. The maximum absolute atomic E-state index is 6.29. The SMILES string of the molecule is Cn1ccnc1CNc1cccc(Cl)c1-n1cccn1. The van der Waals surface area contributed by atoms with Crippen LogP contribution in [-0.4, -0.2) is 19.3 Å². The Bertz CT molecular complexity index is 702. The van der Waals surface area contributed by atoms with Gasteiger partial charge in [0.15, 0.2) is 0 Å². The Morgan fingerprint density at radius 2 is 2.10 bits per heavy atom. The summed E-state index contributed by atoms with van der Waals surface area (Å²) in [5.41, 5.74) is 1.76. The molecule has 0 bridgehead atoms. The van der Waals surface area contributed by atoms with E-state index in [0.29, 0.717) is 11.6 Å². The molecule has 3 rings (SSSR count). The first-order valence-electron chi connectivity index (χ1n) is 6.24. The summed E-state index contributed by atoms with van der Waals surface area (Å²) in [4.78, 5) is 4.29. The van der Waals surface area contributed by atoms with Crippen LogP contribution in [0.2, 0.25) is 5.02 Å². The Hall–Kier alpha value is -2.27. The number of para-hydroxylation sites is 1. The normalized spacial score (nSPS) is 10.7. The summed E-state index contributed by atoms with van der Waals surface area (Å²) in [5.74, 6) is 0.955. The van der Waals surface area contributed by atoms with Crippen molar-refractivity contribution in [3.8, 4) is 5.69 Å². The van der Waals surface area contributed by atoms with Gasteiger partial charge in [0.1, 0.15) is 11.5 Å². The zero-order chi connectivity index (χ0) is 13.9. The number of nitrogens with one attached hydrogen (secondary N) is 1. The monoisotopic (exact) mass is 287 g/mol. The van der Waals surface area contributed by atoms with Crippen molar-refractivity contribution in [2.75, 3.05) is 5.32 Å². The minimum atomic E-state index is 0.623. The highest BCUT2D eigenvalue weighted by molar-refractivity contribution is 6.33. The molecule has 2 heterocycles. The third-order valence-corrected chi connectivity index (χ3v) is 3.38. The molecule has 0 unspecified atom stereocenters. The van der Waals surface area contributed by atoms with Gasteiger partial charge in [-0.05, 0) is 18.2 Å². The van der Waals surface area contributed by atoms with Gasteiger partial charge in [-0.1, -0.05) is 17.7 Å². The van der Waals surface area contributed by atoms with Gasteiger partial charge in [-0.2, -0.15) is 5.10 Å². The lowest BCUT2D eigenvalue weighted by Gasteiger charge is -2.13. The van der Waals surface area contributed by atoms with E-state index < -0.39 is 0 Å². The first-order valence-corrected chi connectivity index (χ1v) is 6.62. The molecule has 0 fully saturated rings. The lowest BCUT2D eigenvalue weighted by atomic mass is 10.2. The van der Waals surface area contributed by atoms with Crippen molar-refractivity contribution < 1.29 is 0 Å². The topological polar surface area (TPSA) is 47.7 Å². The Morgan fingerprint density at radius 3 is 2.80 bits per heavy atom. The lowest BCUT2D eigenvalue weighted by molar-refractivity contribution is 0.810. The van der Waals surface area contributed by atoms with Crippen LogP contribution in [0.1, 0.15) is 5.82 Å². The van der Waals surface area contributed by atoms with Crippen molar-refractivity contribution in [2.24, 2.45) is 7.05 Å². The van der Waals surface area contributed by atoms with E-state index in [9.17, 15) is 0 Å². The van der Waals surface area contributed by atoms with Crippen LogP contribution in [0.5, 0.6) is 0 Å². The predicted molar refractivity (Wildman–Crippen MR) is 79.1 cm³/mol. The fourth-order valence-electron chi connectivity index (χ4n) is 2.03. The number of nitrogens with zero attached hydrogens (tertiary/aromatic N) is 4. The molecule has 0 amide bonds. The number of benzene rings is 1. The number of hydrogen-bond acceptors (Lipinski definition) is 3. The highest BCUT2D eigenvalue weighted by atomic mass is 35.5. The van der Waals surface area contributed by atoms with E-state index in [2.05, 4.69) is 15.4 Å². The molecule has 0 aliphatic heterocycles. The number of anilines is 1. The molecule has 6 heteroatoms. The maximum Gasteiger partial charge on any atom is 0.127 e. The number of hydrogen-bond donors (Lipinski definition) is 1. The van der Waals surface area contributed by atoms with Crippen molar-refractivity contribution in [1.82, 2.24) is 19.3 Å². The summed E-state index contributed by atoms with van der Waals surface area (Å²) in [6, 6.07) is 7.61. The molecule has 0 saturated heterocycles. The zero-order valence-corrected chi connectivity index (χ0v) is 11.7. The quantitative estimate of drug-likeness (QED) is 0.803. The van der Waals surface area contributed by atoms with Crippen LogP contribution in [0.25, 0.3) is 5.69 Å². The number of halogens is 1. The summed E-state index contributed by atoms with van der Waals surface area (Å²) in [5, 5.41) is 8.25. The van der Waals surface area contributed by atoms with Crippen LogP contribution in [0, 0.1) is 0 Å². The van der Waals surface area contributed by atoms with Gasteiger partial charge in [-0.3, -0.25) is 0 Å². The summed E-state index contributed by atoms with van der Waals surface area (Å²) in [7, 11) is 1.97. The lowest BCUT2D eigenvalue weighted by Crippen LogP contribution is -2.08. The molecule has 0 aliphatic carbocycles. The largest absolute Gasteiger partial charge is 0.376 e. The van der Waals surface area contributed by atoms with E-state index in [-0.39, 0.29) is 0 Å². The van der Waals surface area contributed by atoms with Gasteiger partial charge in [0.25, 0.3) is 0 Å². The molecule has 0 saturated carbocycles. The van der Waals surface area contributed by atoms with Crippen LogP contribution >= 0.6 is 11.6 Å². The average molecular weight is 288 g/mol. The molecule has 2 aromatic heterocycles. The molecule has 0 aliphatic rings. The molecule has 1 aromatic carbocycles. The van der Waals surface area contributed by atoms with Gasteiger partial charge in [-0.15, -0.1) is 0 Å². The molecule has 0 atom stereocenters. The smallest absolute Gasteiger partial charge is 0.127 e. The second-order valence-corrected chi connectivity index (χ2v) is 4.80. The highest BCUT2D eigenvalue weighted by Gasteiger charge is 2.10. The van der Waals surface area contributed by atoms with Gasteiger partial charge in [0, 0.05) is 31.8 Å². The van der Waals surface area contributed by atoms with E-state index in [1.54, 1.807) is 17.1 Å². The number of imidazole rings is 1. The average Bonchev–Trinajstić information content (AvgIpc) is 3.08. The molecular formula is C14H14ClN5. The maximum atomic E-state index is 6.29. The molecular weight excluding hydrogens is 274 g/mol. The summed E-state index contributed by atoms with van der Waals surface area (Å²) in [6.45, 7) is 0.623. The third kappa shape index (κ3) is 2.40. The van der Waals surface area contributed by atoms with Crippen LogP contribution < -0.4 is 5.32 Å². The van der Waals surface area contributed by atoms with Crippen LogP contribution in [0.3, 0.4) is 0 Å². The summed E-state index contributed by atoms with van der Waals surface area (Å²) < 4.78 is 3.73. The molecule has 3 aromatic rings. The molecule has 102 valence electrons. The number of aryl methyl sites for hydroxylation is 1. The van der Waals surface area contributed by atoms with E-state index in [4.69, 9.17) is 11.6 Å². The van der Waals surface area contributed by atoms with Crippen LogP contribution in [-0.2, 0) is 13.6 Å². The minimum Gasteiger partial charge on any atom is -0.376 e. The standard InChI is InChI=1S/C14H14ClN5/c1-19-9-7-16-13(19)10-17-12-5-2-4-11(15)14(12)20-8-3-6-18-20/h2-9,17H,10H2,1H3. The fourth-order valence-corrected chi connectivity index (χ4v) is 2.29. The van der Waals surface area contributed by atoms with Crippen molar-refractivity contribution in [3.63, 3.8) is 0 Å². The first-order chi connectivity index (χ1) is 9.75. The molecule has 0 radical (unpaired) electrons. The Balaban J connectivity index is 1.90. The molecule has 5 nitrogen and oxygen atoms in total. The highest BCUT2D eigenvalue weighted by Crippen LogP contribution is 2.28. The van der Waals surface area contributed by atoms with E-state index in [1.807, 2.05) is 48.3 Å². The molecule has 20 heavy (non-hydrogen) atoms. The Labute approximate surface area is 121 Å². The summed E-state index contributed by atoms with van der Waals surface area (Å²) >= 11 is 6.29. The van der Waals surface area contributed by atoms with E-state index in [1.165, 1.54) is 0 Å². The molecule has 0 spiro atoms. The summed E-state index contributed by atoms with van der Waals surface area (Å²) in [6.07, 6.45) is 7.30. The third-order valence-electron chi connectivity index (χ3n) is 3.08. The van der Waals surface area contributed by atoms with Crippen molar-refractivity contribution in [1.29, 1.82) is 0 Å². The van der Waals surface area contributed by atoms with Crippen LogP contribution in [0.15, 0.2) is 49.1 Å². The van der Waals surface area contributed by atoms with Crippen LogP contribution in [0.4, 0.5) is 5.69 Å². The Kier molecular flexibility index (Phi) is 3.43.